The molecule has 1 N–H and O–H groups in total. The van der Waals surface area contributed by atoms with Gasteiger partial charge in [-0.15, -0.1) is 11.3 Å². The Balaban J connectivity index is 1.77. The molecule has 0 saturated heterocycles. The molecule has 4 rings (SSSR count). The minimum atomic E-state index is -0.984. The topological polar surface area (TPSA) is 50.2 Å². The summed E-state index contributed by atoms with van der Waals surface area (Å²) in [6.07, 6.45) is 0. The molecule has 0 saturated carbocycles. The van der Waals surface area contributed by atoms with E-state index in [2.05, 4.69) is 4.98 Å². The zero-order valence-electron chi connectivity index (χ0n) is 15.0. The molecule has 0 atom stereocenters. The molecule has 0 amide bonds. The Morgan fingerprint density at radius 2 is 1.79 bits per heavy atom. The summed E-state index contributed by atoms with van der Waals surface area (Å²) in [6.45, 7) is 1.96. The zero-order chi connectivity index (χ0) is 19.7. The standard InChI is InChI=1S/C23H16FNO2S/c1-14-5-2-3-8-18(14)19-10-9-16(12-20(19)23(26)27)22-25-21(13-28-22)15-6-4-7-17(24)11-15/h2-13H,1H3,(H,26,27). The molecule has 0 fully saturated rings. The fraction of sp³-hybridized carbons (Fsp3) is 0.0435. The Hall–Kier alpha value is -3.31. The van der Waals surface area contributed by atoms with Crippen molar-refractivity contribution in [2.45, 2.75) is 6.92 Å². The number of carbonyl (C=O) groups is 1. The Morgan fingerprint density at radius 3 is 2.54 bits per heavy atom. The molecular formula is C23H16FNO2S. The molecule has 3 aromatic carbocycles. The highest BCUT2D eigenvalue weighted by atomic mass is 32.1. The van der Waals surface area contributed by atoms with E-state index in [1.165, 1.54) is 23.5 Å². The molecular weight excluding hydrogens is 373 g/mol. The van der Waals surface area contributed by atoms with Crippen molar-refractivity contribution in [3.63, 3.8) is 0 Å². The minimum Gasteiger partial charge on any atom is -0.478 e. The summed E-state index contributed by atoms with van der Waals surface area (Å²) in [6, 6.07) is 19.3. The van der Waals surface area contributed by atoms with Crippen LogP contribution in [-0.4, -0.2) is 16.1 Å². The van der Waals surface area contributed by atoms with Crippen LogP contribution in [0.3, 0.4) is 0 Å². The lowest BCUT2D eigenvalue weighted by Gasteiger charge is -2.10. The Morgan fingerprint density at radius 1 is 0.964 bits per heavy atom. The van der Waals surface area contributed by atoms with Crippen molar-refractivity contribution in [3.8, 4) is 33.0 Å². The number of aromatic nitrogens is 1. The van der Waals surface area contributed by atoms with E-state index in [0.29, 0.717) is 21.8 Å². The molecule has 1 aromatic heterocycles. The van der Waals surface area contributed by atoms with Crippen molar-refractivity contribution in [2.24, 2.45) is 0 Å². The van der Waals surface area contributed by atoms with Crippen LogP contribution in [-0.2, 0) is 0 Å². The van der Waals surface area contributed by atoms with Crippen LogP contribution >= 0.6 is 11.3 Å². The maximum Gasteiger partial charge on any atom is 0.336 e. The van der Waals surface area contributed by atoms with Crippen molar-refractivity contribution in [2.75, 3.05) is 0 Å². The van der Waals surface area contributed by atoms with Gasteiger partial charge in [-0.05, 0) is 41.8 Å². The molecule has 28 heavy (non-hydrogen) atoms. The predicted octanol–water partition coefficient (Wildman–Crippen LogP) is 6.29. The van der Waals surface area contributed by atoms with Crippen LogP contribution in [0.15, 0.2) is 72.1 Å². The second kappa shape index (κ2) is 7.37. The highest BCUT2D eigenvalue weighted by Crippen LogP contribution is 2.33. The number of nitrogens with zero attached hydrogens (tertiary/aromatic N) is 1. The second-order valence-electron chi connectivity index (χ2n) is 6.43. The van der Waals surface area contributed by atoms with Gasteiger partial charge in [0.15, 0.2) is 0 Å². The van der Waals surface area contributed by atoms with E-state index < -0.39 is 5.97 Å². The summed E-state index contributed by atoms with van der Waals surface area (Å²) in [5.41, 5.74) is 4.90. The van der Waals surface area contributed by atoms with Gasteiger partial charge in [0.05, 0.1) is 11.3 Å². The van der Waals surface area contributed by atoms with Gasteiger partial charge < -0.3 is 5.11 Å². The molecule has 0 spiro atoms. The van der Waals surface area contributed by atoms with Crippen LogP contribution in [0.25, 0.3) is 33.0 Å². The molecule has 0 radical (unpaired) electrons. The number of carboxylic acid groups (broad SMARTS) is 1. The van der Waals surface area contributed by atoms with E-state index >= 15 is 0 Å². The highest BCUT2D eigenvalue weighted by molar-refractivity contribution is 7.13. The lowest BCUT2D eigenvalue weighted by molar-refractivity contribution is 0.0698. The van der Waals surface area contributed by atoms with Crippen molar-refractivity contribution in [1.82, 2.24) is 4.98 Å². The van der Waals surface area contributed by atoms with Gasteiger partial charge in [0.25, 0.3) is 0 Å². The lowest BCUT2D eigenvalue weighted by atomic mass is 9.94. The molecule has 4 aromatic rings. The van der Waals surface area contributed by atoms with E-state index in [0.717, 1.165) is 16.7 Å². The van der Waals surface area contributed by atoms with Crippen LogP contribution in [0, 0.1) is 12.7 Å². The van der Waals surface area contributed by atoms with E-state index in [9.17, 15) is 14.3 Å². The summed E-state index contributed by atoms with van der Waals surface area (Å²) in [5, 5.41) is 12.3. The number of hydrogen-bond donors (Lipinski definition) is 1. The van der Waals surface area contributed by atoms with Crippen molar-refractivity contribution in [1.29, 1.82) is 0 Å². The molecule has 1 heterocycles. The average molecular weight is 389 g/mol. The van der Waals surface area contributed by atoms with Gasteiger partial charge in [0.1, 0.15) is 10.8 Å². The molecule has 5 heteroatoms. The number of carboxylic acids is 1. The van der Waals surface area contributed by atoms with Crippen molar-refractivity contribution >= 4 is 17.3 Å². The normalized spacial score (nSPS) is 10.8. The maximum absolute atomic E-state index is 13.5. The van der Waals surface area contributed by atoms with Gasteiger partial charge in [0.2, 0.25) is 0 Å². The Labute approximate surface area is 165 Å². The minimum absolute atomic E-state index is 0.231. The maximum atomic E-state index is 13.5. The number of thiazole rings is 1. The number of benzene rings is 3. The molecule has 0 unspecified atom stereocenters. The van der Waals surface area contributed by atoms with Crippen LogP contribution in [0.4, 0.5) is 4.39 Å². The fourth-order valence-electron chi connectivity index (χ4n) is 3.15. The van der Waals surface area contributed by atoms with Gasteiger partial charge in [-0.2, -0.15) is 0 Å². The largest absolute Gasteiger partial charge is 0.478 e. The molecule has 0 aliphatic carbocycles. The fourth-order valence-corrected chi connectivity index (χ4v) is 3.98. The predicted molar refractivity (Wildman–Crippen MR) is 110 cm³/mol. The summed E-state index contributed by atoms with van der Waals surface area (Å²) < 4.78 is 13.5. The first kappa shape index (κ1) is 18.1. The third kappa shape index (κ3) is 3.44. The molecule has 0 bridgehead atoms. The van der Waals surface area contributed by atoms with E-state index in [4.69, 9.17) is 0 Å². The van der Waals surface area contributed by atoms with Crippen LogP contribution in [0.2, 0.25) is 0 Å². The summed E-state index contributed by atoms with van der Waals surface area (Å²) in [5.74, 6) is -1.30. The SMILES string of the molecule is Cc1ccccc1-c1ccc(-c2nc(-c3cccc(F)c3)cs2)cc1C(=O)O. The third-order valence-corrected chi connectivity index (χ3v) is 5.45. The van der Waals surface area contributed by atoms with Crippen molar-refractivity contribution in [3.05, 3.63) is 89.1 Å². The van der Waals surface area contributed by atoms with Crippen LogP contribution in [0.5, 0.6) is 0 Å². The number of rotatable bonds is 4. The Kier molecular flexibility index (Phi) is 4.75. The smallest absolute Gasteiger partial charge is 0.336 e. The first-order valence-electron chi connectivity index (χ1n) is 8.68. The van der Waals surface area contributed by atoms with E-state index in [1.807, 2.05) is 48.7 Å². The number of hydrogen-bond acceptors (Lipinski definition) is 3. The number of halogens is 1. The van der Waals surface area contributed by atoms with Crippen LogP contribution < -0.4 is 0 Å². The summed E-state index contributed by atoms with van der Waals surface area (Å²) in [4.78, 5) is 16.5. The average Bonchev–Trinajstić information content (AvgIpc) is 3.18. The van der Waals surface area contributed by atoms with Crippen molar-refractivity contribution < 1.29 is 14.3 Å². The van der Waals surface area contributed by atoms with Gasteiger partial charge in [-0.25, -0.2) is 14.2 Å². The first-order valence-corrected chi connectivity index (χ1v) is 9.56. The second-order valence-corrected chi connectivity index (χ2v) is 7.29. The highest BCUT2D eigenvalue weighted by Gasteiger charge is 2.16. The van der Waals surface area contributed by atoms with Gasteiger partial charge in [-0.1, -0.05) is 48.5 Å². The molecule has 3 nitrogen and oxygen atoms in total. The summed E-state index contributed by atoms with van der Waals surface area (Å²) in [7, 11) is 0. The first-order chi connectivity index (χ1) is 13.5. The third-order valence-electron chi connectivity index (χ3n) is 4.56. The van der Waals surface area contributed by atoms with E-state index in [-0.39, 0.29) is 11.4 Å². The van der Waals surface area contributed by atoms with Crippen LogP contribution in [0.1, 0.15) is 15.9 Å². The zero-order valence-corrected chi connectivity index (χ0v) is 15.8. The number of aryl methyl sites for hydroxylation is 1. The molecule has 0 aliphatic heterocycles. The molecule has 0 aliphatic rings. The monoisotopic (exact) mass is 389 g/mol. The molecule has 138 valence electrons. The van der Waals surface area contributed by atoms with Gasteiger partial charge in [0, 0.05) is 16.5 Å². The van der Waals surface area contributed by atoms with E-state index in [1.54, 1.807) is 18.2 Å². The lowest BCUT2D eigenvalue weighted by Crippen LogP contribution is -2.01. The summed E-state index contributed by atoms with van der Waals surface area (Å²) >= 11 is 1.40. The Bertz CT molecular complexity index is 1180. The number of aromatic carboxylic acids is 1. The van der Waals surface area contributed by atoms with Gasteiger partial charge in [-0.3, -0.25) is 0 Å². The van der Waals surface area contributed by atoms with Gasteiger partial charge >= 0.3 is 5.97 Å². The quantitative estimate of drug-likeness (QED) is 0.446.